The predicted octanol–water partition coefficient (Wildman–Crippen LogP) is 1.68. The minimum atomic E-state index is -0.545. The van der Waals surface area contributed by atoms with Crippen molar-refractivity contribution in [3.8, 4) is 11.6 Å². The molecule has 0 spiro atoms. The molecule has 0 amide bonds. The maximum absolute atomic E-state index is 9.42. The van der Waals surface area contributed by atoms with Gasteiger partial charge in [0.2, 0.25) is 0 Å². The third-order valence-electron chi connectivity index (χ3n) is 2.26. The van der Waals surface area contributed by atoms with Crippen molar-refractivity contribution < 1.29 is 14.6 Å². The molecule has 4 heteroatoms. The molecule has 1 aromatic heterocycles. The topological polar surface area (TPSA) is 51.6 Å². The van der Waals surface area contributed by atoms with Crippen LogP contribution in [0.25, 0.3) is 0 Å². The summed E-state index contributed by atoms with van der Waals surface area (Å²) < 4.78 is 11.2. The maximum Gasteiger partial charge on any atom is 0.257 e. The Hall–Kier alpha value is -1.29. The summed E-state index contributed by atoms with van der Waals surface area (Å²) >= 11 is 0. The summed E-state index contributed by atoms with van der Waals surface area (Å²) in [4.78, 5) is 4.10. The fourth-order valence-corrected chi connectivity index (χ4v) is 1.43. The molecular weight excluding hydrogens is 194 g/mol. The minimum absolute atomic E-state index is 0.341. The molecule has 15 heavy (non-hydrogen) atoms. The lowest BCUT2D eigenvalue weighted by molar-refractivity contribution is 0.0173. The highest BCUT2D eigenvalue weighted by molar-refractivity contribution is 5.38. The van der Waals surface area contributed by atoms with Gasteiger partial charge in [-0.15, -0.1) is 0 Å². The molecule has 0 saturated carbocycles. The summed E-state index contributed by atoms with van der Waals surface area (Å²) in [5, 5.41) is 9.42. The van der Waals surface area contributed by atoms with Gasteiger partial charge >= 0.3 is 0 Å². The number of aromatic nitrogens is 1. The van der Waals surface area contributed by atoms with Crippen LogP contribution in [0.15, 0.2) is 12.3 Å². The molecule has 2 rings (SSSR count). The normalized spacial score (nSPS) is 19.7. The number of hydrogen-bond donors (Lipinski definition) is 1. The lowest BCUT2D eigenvalue weighted by Crippen LogP contribution is -2.39. The van der Waals surface area contributed by atoms with Crippen LogP contribution in [0, 0.1) is 0 Å². The fourth-order valence-electron chi connectivity index (χ4n) is 1.43. The van der Waals surface area contributed by atoms with E-state index >= 15 is 0 Å². The molecule has 0 aromatic carbocycles. The number of nitrogens with zero attached hydrogens (tertiary/aromatic N) is 1. The average molecular weight is 209 g/mol. The predicted molar refractivity (Wildman–Crippen MR) is 55.1 cm³/mol. The molecule has 82 valence electrons. The molecule has 1 N–H and O–H groups in total. The van der Waals surface area contributed by atoms with Crippen LogP contribution in [0.1, 0.15) is 32.4 Å². The van der Waals surface area contributed by atoms with Crippen LogP contribution in [0.3, 0.4) is 0 Å². The van der Waals surface area contributed by atoms with E-state index in [2.05, 4.69) is 4.98 Å². The van der Waals surface area contributed by atoms with Crippen molar-refractivity contribution in [2.45, 2.75) is 32.5 Å². The Morgan fingerprint density at radius 3 is 2.93 bits per heavy atom. The van der Waals surface area contributed by atoms with Gasteiger partial charge in [-0.2, -0.15) is 0 Å². The Labute approximate surface area is 88.9 Å². The van der Waals surface area contributed by atoms with Crippen LogP contribution in [0.5, 0.6) is 11.6 Å². The van der Waals surface area contributed by atoms with Crippen molar-refractivity contribution in [2.24, 2.45) is 0 Å². The summed E-state index contributed by atoms with van der Waals surface area (Å²) in [6.07, 6.45) is 1.06. The van der Waals surface area contributed by atoms with Crippen molar-refractivity contribution in [2.75, 3.05) is 6.61 Å². The van der Waals surface area contributed by atoms with Gasteiger partial charge < -0.3 is 14.6 Å². The molecule has 1 aliphatic heterocycles. The van der Waals surface area contributed by atoms with Gasteiger partial charge in [0.05, 0.1) is 6.10 Å². The molecule has 4 nitrogen and oxygen atoms in total. The highest BCUT2D eigenvalue weighted by Gasteiger charge is 2.29. The summed E-state index contributed by atoms with van der Waals surface area (Å²) in [6, 6.07) is 1.77. The average Bonchev–Trinajstić information content (AvgIpc) is 2.15. The minimum Gasteiger partial charge on any atom is -0.479 e. The summed E-state index contributed by atoms with van der Waals surface area (Å²) in [5.41, 5.74) is 0.390. The van der Waals surface area contributed by atoms with Crippen LogP contribution in [-0.2, 0) is 0 Å². The lowest BCUT2D eigenvalue weighted by Gasteiger charge is -2.31. The van der Waals surface area contributed by atoms with Gasteiger partial charge in [-0.05, 0) is 26.8 Å². The fraction of sp³-hybridized carbons (Fsp3) is 0.545. The molecule has 0 aliphatic carbocycles. The van der Waals surface area contributed by atoms with E-state index in [-0.39, 0.29) is 5.60 Å². The quantitative estimate of drug-likeness (QED) is 0.764. The Bertz CT molecular complexity index is 374. The van der Waals surface area contributed by atoms with Crippen LogP contribution in [-0.4, -0.2) is 22.3 Å². The molecule has 0 fully saturated rings. The van der Waals surface area contributed by atoms with Gasteiger partial charge in [0.1, 0.15) is 12.2 Å². The summed E-state index contributed by atoms with van der Waals surface area (Å²) in [7, 11) is 0. The van der Waals surface area contributed by atoms with E-state index in [9.17, 15) is 5.11 Å². The molecule has 2 heterocycles. The Morgan fingerprint density at radius 1 is 1.53 bits per heavy atom. The third-order valence-corrected chi connectivity index (χ3v) is 2.26. The second-order valence-corrected chi connectivity index (χ2v) is 4.40. The molecule has 1 unspecified atom stereocenters. The van der Waals surface area contributed by atoms with E-state index in [1.807, 2.05) is 13.8 Å². The van der Waals surface area contributed by atoms with Crippen molar-refractivity contribution in [1.29, 1.82) is 0 Å². The van der Waals surface area contributed by atoms with E-state index in [1.165, 1.54) is 0 Å². The number of aliphatic hydroxyl groups excluding tert-OH is 1. The zero-order valence-corrected chi connectivity index (χ0v) is 9.15. The van der Waals surface area contributed by atoms with Crippen LogP contribution >= 0.6 is 0 Å². The monoisotopic (exact) mass is 209 g/mol. The van der Waals surface area contributed by atoms with Gasteiger partial charge in [0.25, 0.3) is 5.88 Å². The first kappa shape index (κ1) is 10.2. The maximum atomic E-state index is 9.42. The number of fused-ring (bicyclic) bond motifs is 1. The SMILES string of the molecule is CC(O)c1cnc2c(c1)OC(C)(C)CO2. The lowest BCUT2D eigenvalue weighted by atomic mass is 10.1. The van der Waals surface area contributed by atoms with Gasteiger partial charge in [-0.25, -0.2) is 4.98 Å². The zero-order chi connectivity index (χ0) is 11.1. The Balaban J connectivity index is 2.35. The number of pyridine rings is 1. The van der Waals surface area contributed by atoms with Crippen molar-refractivity contribution in [1.82, 2.24) is 4.98 Å². The highest BCUT2D eigenvalue weighted by atomic mass is 16.6. The standard InChI is InChI=1S/C11H15NO3/c1-7(13)8-4-9-10(12-5-8)14-6-11(2,3)15-9/h4-5,7,13H,6H2,1-3H3. The van der Waals surface area contributed by atoms with E-state index in [4.69, 9.17) is 9.47 Å². The van der Waals surface area contributed by atoms with Gasteiger partial charge in [0, 0.05) is 11.8 Å². The Kier molecular flexibility index (Phi) is 2.31. The van der Waals surface area contributed by atoms with E-state index < -0.39 is 6.10 Å². The molecule has 0 radical (unpaired) electrons. The third kappa shape index (κ3) is 2.04. The smallest absolute Gasteiger partial charge is 0.257 e. The molecular formula is C11H15NO3. The van der Waals surface area contributed by atoms with E-state index in [1.54, 1.807) is 19.2 Å². The van der Waals surface area contributed by atoms with Crippen LogP contribution < -0.4 is 9.47 Å². The van der Waals surface area contributed by atoms with Crippen LogP contribution in [0.2, 0.25) is 0 Å². The second kappa shape index (κ2) is 3.38. The first-order valence-corrected chi connectivity index (χ1v) is 4.98. The van der Waals surface area contributed by atoms with Gasteiger partial charge in [-0.3, -0.25) is 0 Å². The number of rotatable bonds is 1. The summed E-state index contributed by atoms with van der Waals surface area (Å²) in [6.45, 7) is 6.08. The second-order valence-electron chi connectivity index (χ2n) is 4.40. The first-order chi connectivity index (χ1) is 6.98. The molecule has 1 atom stereocenters. The zero-order valence-electron chi connectivity index (χ0n) is 9.15. The van der Waals surface area contributed by atoms with Crippen molar-refractivity contribution in [3.05, 3.63) is 17.8 Å². The van der Waals surface area contributed by atoms with Crippen molar-refractivity contribution >= 4 is 0 Å². The highest BCUT2D eigenvalue weighted by Crippen LogP contribution is 2.34. The molecule has 1 aliphatic rings. The number of ether oxygens (including phenoxy) is 2. The van der Waals surface area contributed by atoms with Crippen LogP contribution in [0.4, 0.5) is 0 Å². The van der Waals surface area contributed by atoms with Crippen molar-refractivity contribution in [3.63, 3.8) is 0 Å². The largest absolute Gasteiger partial charge is 0.479 e. The number of aliphatic hydroxyl groups is 1. The van der Waals surface area contributed by atoms with Gasteiger partial charge in [-0.1, -0.05) is 0 Å². The molecule has 0 saturated heterocycles. The molecule has 1 aromatic rings. The van der Waals surface area contributed by atoms with Gasteiger partial charge in [0.15, 0.2) is 5.75 Å². The van der Waals surface area contributed by atoms with E-state index in [0.717, 1.165) is 5.56 Å². The Morgan fingerprint density at radius 2 is 2.27 bits per heavy atom. The first-order valence-electron chi connectivity index (χ1n) is 4.98. The summed E-state index contributed by atoms with van der Waals surface area (Å²) in [5.74, 6) is 1.10. The van der Waals surface area contributed by atoms with E-state index in [0.29, 0.717) is 18.2 Å². The number of hydrogen-bond acceptors (Lipinski definition) is 4. The molecule has 0 bridgehead atoms.